The van der Waals surface area contributed by atoms with Crippen LogP contribution in [-0.2, 0) is 19.3 Å². The predicted molar refractivity (Wildman–Crippen MR) is 106 cm³/mol. The van der Waals surface area contributed by atoms with E-state index >= 15 is 0 Å². The van der Waals surface area contributed by atoms with Crippen molar-refractivity contribution in [3.63, 3.8) is 0 Å². The molecule has 0 saturated heterocycles. The van der Waals surface area contributed by atoms with E-state index in [9.17, 15) is 4.39 Å². The topological polar surface area (TPSA) is 63.7 Å². The molecule has 0 unspecified atom stereocenters. The molecule has 4 aromatic rings. The van der Waals surface area contributed by atoms with Crippen LogP contribution in [0.15, 0.2) is 48.9 Å². The van der Waals surface area contributed by atoms with Gasteiger partial charge in [-0.25, -0.2) is 15.0 Å². The number of aryl methyl sites for hydroxylation is 3. The van der Waals surface area contributed by atoms with E-state index in [4.69, 9.17) is 4.74 Å². The number of ether oxygens (including phenoxy) is 1. The summed E-state index contributed by atoms with van der Waals surface area (Å²) in [6.45, 7) is 2.00. The zero-order valence-electron chi connectivity index (χ0n) is 15.9. The van der Waals surface area contributed by atoms with Crippen LogP contribution in [0.2, 0.25) is 0 Å². The fourth-order valence-corrected chi connectivity index (χ4v) is 3.35. The van der Waals surface area contributed by atoms with Crippen LogP contribution in [0.5, 0.6) is 5.88 Å². The molecule has 0 bridgehead atoms. The Bertz CT molecular complexity index is 1120. The summed E-state index contributed by atoms with van der Waals surface area (Å²) in [6.07, 6.45) is 7.18. The molecular formula is C22H21FN4O. The Kier molecular flexibility index (Phi) is 5.02. The van der Waals surface area contributed by atoms with Crippen molar-refractivity contribution in [1.29, 1.82) is 0 Å². The van der Waals surface area contributed by atoms with Gasteiger partial charge in [0.05, 0.1) is 7.11 Å². The lowest BCUT2D eigenvalue weighted by molar-refractivity contribution is 0.392. The SMILES string of the molecule is COc1ncccc1CCc1ccc(Cc2c[nH]c3ncc(C)cc23)c(F)n1. The highest BCUT2D eigenvalue weighted by Gasteiger charge is 2.11. The molecule has 0 atom stereocenters. The third kappa shape index (κ3) is 3.71. The number of halogens is 1. The lowest BCUT2D eigenvalue weighted by atomic mass is 10.0. The molecule has 0 amide bonds. The van der Waals surface area contributed by atoms with Crippen molar-refractivity contribution >= 4 is 11.0 Å². The molecular weight excluding hydrogens is 355 g/mol. The van der Waals surface area contributed by atoms with Crippen molar-refractivity contribution in [3.8, 4) is 5.88 Å². The Morgan fingerprint density at radius 3 is 2.79 bits per heavy atom. The number of rotatable bonds is 6. The van der Waals surface area contributed by atoms with Gasteiger partial charge in [0.15, 0.2) is 0 Å². The molecule has 0 fully saturated rings. The highest BCUT2D eigenvalue weighted by atomic mass is 19.1. The minimum atomic E-state index is -0.425. The minimum Gasteiger partial charge on any atom is -0.481 e. The van der Waals surface area contributed by atoms with E-state index in [0.717, 1.165) is 27.7 Å². The predicted octanol–water partition coefficient (Wildman–Crippen LogP) is 4.19. The van der Waals surface area contributed by atoms with Gasteiger partial charge in [-0.3, -0.25) is 0 Å². The van der Waals surface area contributed by atoms with Crippen molar-refractivity contribution in [2.45, 2.75) is 26.2 Å². The number of aromatic nitrogens is 4. The third-order valence-corrected chi connectivity index (χ3v) is 4.81. The Morgan fingerprint density at radius 2 is 1.96 bits per heavy atom. The molecule has 5 nitrogen and oxygen atoms in total. The molecule has 0 aromatic carbocycles. The lowest BCUT2D eigenvalue weighted by Crippen LogP contribution is -2.02. The van der Waals surface area contributed by atoms with Gasteiger partial charge in [-0.05, 0) is 49.1 Å². The van der Waals surface area contributed by atoms with Gasteiger partial charge in [0, 0.05) is 47.2 Å². The Balaban J connectivity index is 1.50. The number of methoxy groups -OCH3 is 1. The number of H-pyrrole nitrogens is 1. The van der Waals surface area contributed by atoms with Crippen molar-refractivity contribution in [2.24, 2.45) is 0 Å². The quantitative estimate of drug-likeness (QED) is 0.513. The zero-order valence-corrected chi connectivity index (χ0v) is 15.9. The molecule has 142 valence electrons. The summed E-state index contributed by atoms with van der Waals surface area (Å²) in [5.74, 6) is 0.174. The van der Waals surface area contributed by atoms with Gasteiger partial charge < -0.3 is 9.72 Å². The molecule has 0 aliphatic rings. The largest absolute Gasteiger partial charge is 0.481 e. The van der Waals surface area contributed by atoms with Crippen molar-refractivity contribution in [3.05, 3.63) is 82.8 Å². The van der Waals surface area contributed by atoms with Gasteiger partial charge >= 0.3 is 0 Å². The number of fused-ring (bicyclic) bond motifs is 1. The van der Waals surface area contributed by atoms with E-state index in [0.29, 0.717) is 36.4 Å². The normalized spacial score (nSPS) is 11.1. The average molecular weight is 376 g/mol. The van der Waals surface area contributed by atoms with Gasteiger partial charge in [0.1, 0.15) is 5.65 Å². The molecule has 4 heterocycles. The first-order valence-corrected chi connectivity index (χ1v) is 9.19. The molecule has 0 saturated carbocycles. The third-order valence-electron chi connectivity index (χ3n) is 4.81. The van der Waals surface area contributed by atoms with Crippen molar-refractivity contribution in [1.82, 2.24) is 19.9 Å². The summed E-state index contributed by atoms with van der Waals surface area (Å²) in [5, 5.41) is 1.02. The van der Waals surface area contributed by atoms with Crippen LogP contribution in [0.25, 0.3) is 11.0 Å². The maximum Gasteiger partial charge on any atom is 0.216 e. The molecule has 0 spiro atoms. The number of pyridine rings is 3. The first-order valence-electron chi connectivity index (χ1n) is 9.19. The van der Waals surface area contributed by atoms with E-state index in [-0.39, 0.29) is 0 Å². The Morgan fingerprint density at radius 1 is 1.07 bits per heavy atom. The summed E-state index contributed by atoms with van der Waals surface area (Å²) < 4.78 is 19.9. The fourth-order valence-electron chi connectivity index (χ4n) is 3.35. The van der Waals surface area contributed by atoms with E-state index in [1.807, 2.05) is 43.6 Å². The van der Waals surface area contributed by atoms with Gasteiger partial charge in [0.2, 0.25) is 11.8 Å². The highest BCUT2D eigenvalue weighted by Crippen LogP contribution is 2.22. The fraction of sp³-hybridized carbons (Fsp3) is 0.227. The second-order valence-electron chi connectivity index (χ2n) is 6.82. The van der Waals surface area contributed by atoms with Gasteiger partial charge in [-0.1, -0.05) is 12.1 Å². The molecule has 0 aliphatic heterocycles. The van der Waals surface area contributed by atoms with Crippen LogP contribution in [0.3, 0.4) is 0 Å². The summed E-state index contributed by atoms with van der Waals surface area (Å²) in [5.41, 5.74) is 5.18. The second kappa shape index (κ2) is 7.76. The van der Waals surface area contributed by atoms with E-state index in [2.05, 4.69) is 26.0 Å². The smallest absolute Gasteiger partial charge is 0.216 e. The highest BCUT2D eigenvalue weighted by molar-refractivity contribution is 5.80. The molecule has 28 heavy (non-hydrogen) atoms. The van der Waals surface area contributed by atoms with Crippen LogP contribution in [0.4, 0.5) is 4.39 Å². The number of hydrogen-bond acceptors (Lipinski definition) is 4. The lowest BCUT2D eigenvalue weighted by Gasteiger charge is -2.08. The van der Waals surface area contributed by atoms with Crippen LogP contribution in [0, 0.1) is 12.9 Å². The van der Waals surface area contributed by atoms with E-state index < -0.39 is 5.95 Å². The minimum absolute atomic E-state index is 0.425. The molecule has 4 aromatic heterocycles. The average Bonchev–Trinajstić information content (AvgIpc) is 3.10. The van der Waals surface area contributed by atoms with Crippen LogP contribution < -0.4 is 4.74 Å². The van der Waals surface area contributed by atoms with E-state index in [1.54, 1.807) is 13.3 Å². The number of aromatic amines is 1. The van der Waals surface area contributed by atoms with Crippen molar-refractivity contribution < 1.29 is 9.13 Å². The van der Waals surface area contributed by atoms with E-state index in [1.165, 1.54) is 0 Å². The van der Waals surface area contributed by atoms with Crippen LogP contribution in [0.1, 0.15) is 27.9 Å². The van der Waals surface area contributed by atoms with Crippen LogP contribution >= 0.6 is 0 Å². The molecule has 6 heteroatoms. The Hall–Kier alpha value is -3.28. The summed E-state index contributed by atoms with van der Waals surface area (Å²) in [4.78, 5) is 15.9. The first kappa shape index (κ1) is 18.1. The molecule has 0 aliphatic carbocycles. The summed E-state index contributed by atoms with van der Waals surface area (Å²) in [7, 11) is 1.60. The molecule has 4 rings (SSSR count). The standard InChI is InChI=1S/C22H21FN4O/c1-14-10-19-17(13-26-21(19)25-12-14)11-16-6-8-18(27-20(16)23)7-5-15-4-3-9-24-22(15)28-2/h3-4,6,8-10,12-13H,5,7,11H2,1-2H3,(H,25,26). The van der Waals surface area contributed by atoms with Crippen LogP contribution in [-0.4, -0.2) is 27.0 Å². The zero-order chi connectivity index (χ0) is 19.5. The number of hydrogen-bond donors (Lipinski definition) is 1. The monoisotopic (exact) mass is 376 g/mol. The number of nitrogens with zero attached hydrogens (tertiary/aromatic N) is 3. The maximum absolute atomic E-state index is 14.6. The molecule has 1 N–H and O–H groups in total. The van der Waals surface area contributed by atoms with Gasteiger partial charge in [0.25, 0.3) is 0 Å². The van der Waals surface area contributed by atoms with Crippen molar-refractivity contribution in [2.75, 3.05) is 7.11 Å². The second-order valence-corrected chi connectivity index (χ2v) is 6.82. The Labute approximate surface area is 162 Å². The van der Waals surface area contributed by atoms with Gasteiger partial charge in [-0.15, -0.1) is 0 Å². The maximum atomic E-state index is 14.6. The van der Waals surface area contributed by atoms with Gasteiger partial charge in [-0.2, -0.15) is 4.39 Å². The molecule has 0 radical (unpaired) electrons. The number of nitrogens with one attached hydrogen (secondary N) is 1. The summed E-state index contributed by atoms with van der Waals surface area (Å²) in [6, 6.07) is 9.60. The summed E-state index contributed by atoms with van der Waals surface area (Å²) >= 11 is 0. The first-order chi connectivity index (χ1) is 13.6.